The Morgan fingerprint density at radius 1 is 0.676 bits per heavy atom. The second kappa shape index (κ2) is 6.30. The molecular weight excluding hydrogens is 412 g/mol. The van der Waals surface area contributed by atoms with Crippen LogP contribution in [0.1, 0.15) is 28.7 Å². The van der Waals surface area contributed by atoms with Gasteiger partial charge in [-0.1, -0.05) is 66.7 Å². The number of rotatable bonds is 1. The van der Waals surface area contributed by atoms with Crippen molar-refractivity contribution >= 4 is 0 Å². The summed E-state index contributed by atoms with van der Waals surface area (Å²) in [6.45, 7) is 2.25. The first kappa shape index (κ1) is 18.4. The van der Waals surface area contributed by atoms with Crippen molar-refractivity contribution in [2.24, 2.45) is 0 Å². The Bertz CT molecular complexity index is 1580. The first-order chi connectivity index (χ1) is 16.8. The topological polar surface area (TPSA) is 7.76 Å². The van der Waals surface area contributed by atoms with Crippen molar-refractivity contribution in [1.29, 1.82) is 0 Å². The van der Waals surface area contributed by atoms with Crippen molar-refractivity contribution in [2.45, 2.75) is 24.4 Å². The normalized spacial score (nSPS) is 22.4. The molecule has 2 nitrogen and oxygen atoms in total. The minimum atomic E-state index is -0.115. The minimum Gasteiger partial charge on any atom is -0.187 e. The van der Waals surface area contributed by atoms with Crippen LogP contribution in [0.15, 0.2) is 116 Å². The van der Waals surface area contributed by atoms with Gasteiger partial charge in [-0.2, -0.15) is 9.13 Å². The van der Waals surface area contributed by atoms with Gasteiger partial charge in [0.05, 0.1) is 11.1 Å². The van der Waals surface area contributed by atoms with Crippen LogP contribution in [0.3, 0.4) is 0 Å². The van der Waals surface area contributed by atoms with Crippen LogP contribution in [0.5, 0.6) is 0 Å². The Labute approximate surface area is 199 Å². The van der Waals surface area contributed by atoms with Gasteiger partial charge in [-0.15, -0.1) is 0 Å². The van der Waals surface area contributed by atoms with Crippen molar-refractivity contribution < 1.29 is 9.13 Å². The van der Waals surface area contributed by atoms with Gasteiger partial charge in [0.2, 0.25) is 17.4 Å². The minimum absolute atomic E-state index is 0.115. The van der Waals surface area contributed by atoms with Crippen LogP contribution in [0, 0.1) is 6.92 Å². The number of pyridine rings is 2. The molecule has 1 fully saturated rings. The molecule has 3 unspecified atom stereocenters. The molecule has 3 aromatic carbocycles. The van der Waals surface area contributed by atoms with Crippen molar-refractivity contribution in [3.05, 3.63) is 132 Å². The van der Waals surface area contributed by atoms with E-state index in [4.69, 9.17) is 0 Å². The summed E-state index contributed by atoms with van der Waals surface area (Å²) in [6.07, 6.45) is 4.72. The number of aromatic nitrogens is 2. The monoisotopic (exact) mass is 436 g/mol. The van der Waals surface area contributed by atoms with Gasteiger partial charge < -0.3 is 0 Å². The number of hydrogen-bond acceptors (Lipinski definition) is 0. The van der Waals surface area contributed by atoms with Gasteiger partial charge in [-0.05, 0) is 41.8 Å². The predicted octanol–water partition coefficient (Wildman–Crippen LogP) is 5.98. The van der Waals surface area contributed by atoms with Crippen LogP contribution < -0.4 is 9.13 Å². The van der Waals surface area contributed by atoms with Gasteiger partial charge >= 0.3 is 0 Å². The van der Waals surface area contributed by atoms with E-state index < -0.39 is 0 Å². The highest BCUT2D eigenvalue weighted by atomic mass is 15.3. The standard InChI is InChI=1S/C32H24N2/c1-21-19-29-25-15-7-8-16-27(25)32(34(29)20-26(21)22-11-3-2-4-12-22)30-24-14-6-5-13-23(24)28-17-9-10-18-33(28)31(30)32/h2-20,30-31H,1H3/q+2. The zero-order valence-corrected chi connectivity index (χ0v) is 19.0. The zero-order valence-electron chi connectivity index (χ0n) is 19.0. The van der Waals surface area contributed by atoms with Gasteiger partial charge in [0.25, 0.3) is 5.54 Å². The summed E-state index contributed by atoms with van der Waals surface area (Å²) in [5.74, 6) is 0.405. The third-order valence-corrected chi connectivity index (χ3v) is 8.31. The molecule has 0 radical (unpaired) electrons. The van der Waals surface area contributed by atoms with E-state index in [-0.39, 0.29) is 5.54 Å². The van der Waals surface area contributed by atoms with Gasteiger partial charge in [0, 0.05) is 29.3 Å². The Morgan fingerprint density at radius 2 is 1.41 bits per heavy atom. The molecule has 1 aliphatic carbocycles. The van der Waals surface area contributed by atoms with Gasteiger partial charge in [-0.25, -0.2) is 0 Å². The van der Waals surface area contributed by atoms with Crippen LogP contribution in [-0.2, 0) is 5.54 Å². The molecule has 4 heterocycles. The van der Waals surface area contributed by atoms with Crippen LogP contribution >= 0.6 is 0 Å². The van der Waals surface area contributed by atoms with Crippen molar-refractivity contribution in [3.63, 3.8) is 0 Å². The summed E-state index contributed by atoms with van der Waals surface area (Å²) in [4.78, 5) is 0. The molecule has 1 spiro atoms. The lowest BCUT2D eigenvalue weighted by atomic mass is 9.93. The second-order valence-corrected chi connectivity index (χ2v) is 9.87. The van der Waals surface area contributed by atoms with Crippen molar-refractivity contribution in [1.82, 2.24) is 0 Å². The molecule has 0 bridgehead atoms. The maximum atomic E-state index is 2.62. The lowest BCUT2D eigenvalue weighted by Gasteiger charge is -2.11. The molecule has 5 aromatic rings. The summed E-state index contributed by atoms with van der Waals surface area (Å²) in [6, 6.07) is 38.3. The van der Waals surface area contributed by atoms with Crippen molar-refractivity contribution in [2.75, 3.05) is 0 Å². The third kappa shape index (κ3) is 2.08. The predicted molar refractivity (Wildman–Crippen MR) is 133 cm³/mol. The molecule has 3 aliphatic rings. The molecule has 0 N–H and O–H groups in total. The fraction of sp³-hybridized carbons (Fsp3) is 0.125. The van der Waals surface area contributed by atoms with Crippen LogP contribution in [0.2, 0.25) is 0 Å². The quantitative estimate of drug-likeness (QED) is 0.286. The summed E-state index contributed by atoms with van der Waals surface area (Å²) in [5, 5.41) is 0. The molecular formula is C32H24N2+2. The summed E-state index contributed by atoms with van der Waals surface area (Å²) in [5.41, 5.74) is 12.1. The van der Waals surface area contributed by atoms with Crippen LogP contribution in [0.25, 0.3) is 33.6 Å². The van der Waals surface area contributed by atoms with E-state index in [1.165, 1.54) is 50.3 Å². The maximum Gasteiger partial charge on any atom is 0.269 e. The number of hydrogen-bond donors (Lipinski definition) is 0. The lowest BCUT2D eigenvalue weighted by molar-refractivity contribution is -0.771. The number of aryl methyl sites for hydroxylation is 1. The molecule has 2 heteroatoms. The first-order valence-corrected chi connectivity index (χ1v) is 12.1. The smallest absolute Gasteiger partial charge is 0.187 e. The van der Waals surface area contributed by atoms with E-state index in [1.54, 1.807) is 0 Å². The molecule has 0 saturated heterocycles. The van der Waals surface area contributed by atoms with Gasteiger partial charge in [0.15, 0.2) is 12.4 Å². The first-order valence-electron chi connectivity index (χ1n) is 12.1. The second-order valence-electron chi connectivity index (χ2n) is 9.87. The molecule has 34 heavy (non-hydrogen) atoms. The van der Waals surface area contributed by atoms with E-state index >= 15 is 0 Å². The fourth-order valence-electron chi connectivity index (χ4n) is 6.96. The van der Waals surface area contributed by atoms with E-state index in [1.807, 2.05) is 0 Å². The van der Waals surface area contributed by atoms with Crippen LogP contribution in [-0.4, -0.2) is 0 Å². The van der Waals surface area contributed by atoms with E-state index in [0.29, 0.717) is 12.0 Å². The molecule has 2 aliphatic heterocycles. The lowest BCUT2D eigenvalue weighted by Crippen LogP contribution is -2.51. The molecule has 8 rings (SSSR count). The maximum absolute atomic E-state index is 2.62. The summed E-state index contributed by atoms with van der Waals surface area (Å²) in [7, 11) is 0. The number of fused-ring (bicyclic) bond motifs is 13. The molecule has 1 saturated carbocycles. The Morgan fingerprint density at radius 3 is 2.29 bits per heavy atom. The van der Waals surface area contributed by atoms with Gasteiger partial charge in [-0.3, -0.25) is 0 Å². The Kier molecular flexibility index (Phi) is 3.41. The molecule has 160 valence electrons. The number of benzene rings is 3. The highest BCUT2D eigenvalue weighted by Crippen LogP contribution is 2.70. The Balaban J connectivity index is 1.47. The average Bonchev–Trinajstić information content (AvgIpc) is 3.52. The molecule has 0 amide bonds. The fourth-order valence-corrected chi connectivity index (χ4v) is 6.96. The third-order valence-electron chi connectivity index (χ3n) is 8.31. The van der Waals surface area contributed by atoms with E-state index in [0.717, 1.165) is 0 Å². The van der Waals surface area contributed by atoms with Crippen molar-refractivity contribution in [3.8, 4) is 33.6 Å². The van der Waals surface area contributed by atoms with Crippen LogP contribution in [0.4, 0.5) is 0 Å². The van der Waals surface area contributed by atoms with Gasteiger partial charge in [0.1, 0.15) is 5.92 Å². The van der Waals surface area contributed by atoms with E-state index in [9.17, 15) is 0 Å². The molecule has 3 atom stereocenters. The highest BCUT2D eigenvalue weighted by molar-refractivity contribution is 5.75. The summed E-state index contributed by atoms with van der Waals surface area (Å²) >= 11 is 0. The summed E-state index contributed by atoms with van der Waals surface area (Å²) < 4.78 is 5.15. The largest absolute Gasteiger partial charge is 0.269 e. The highest BCUT2D eigenvalue weighted by Gasteiger charge is 2.85. The SMILES string of the molecule is Cc1cc2[n+](cc1-c1ccccc1)C1(c3ccccc3-2)C2c3ccccc3-c3cccc[n+]3C21. The Hall–Kier alpha value is -4.04. The number of nitrogens with zero attached hydrogens (tertiary/aromatic N) is 2. The average molecular weight is 437 g/mol. The van der Waals surface area contributed by atoms with E-state index in [2.05, 4.69) is 132 Å². The zero-order chi connectivity index (χ0) is 22.4. The molecule has 2 aromatic heterocycles.